The molecule has 0 aliphatic heterocycles. The van der Waals surface area contributed by atoms with Crippen LogP contribution in [0.15, 0.2) is 47.1 Å². The normalized spacial score (nSPS) is 12.4. The lowest BCUT2D eigenvalue weighted by atomic mass is 10.2. The van der Waals surface area contributed by atoms with Crippen LogP contribution in [0.1, 0.15) is 20.8 Å². The lowest BCUT2D eigenvalue weighted by Crippen LogP contribution is -2.28. The number of thiazole rings is 1. The van der Waals surface area contributed by atoms with Crippen molar-refractivity contribution in [2.45, 2.75) is 30.4 Å². The maximum absolute atomic E-state index is 13.1. The first-order valence-corrected chi connectivity index (χ1v) is 11.2. The summed E-state index contributed by atoms with van der Waals surface area (Å²) in [5, 5.41) is 3.85. The Hall–Kier alpha value is -2.78. The zero-order valence-electron chi connectivity index (χ0n) is 16.4. The van der Waals surface area contributed by atoms with E-state index in [0.29, 0.717) is 16.7 Å². The SMILES string of the molecule is COc1cc2ncnc(Nc3ccc4scnc4c3)c2cc1S(=O)(=O)C(C)(C)C. The maximum Gasteiger partial charge on any atom is 0.186 e. The molecule has 1 N–H and O–H groups in total. The minimum absolute atomic E-state index is 0.118. The molecule has 0 aliphatic carbocycles. The Balaban J connectivity index is 1.88. The first kappa shape index (κ1) is 19.5. The fourth-order valence-corrected chi connectivity index (χ4v) is 4.93. The second-order valence-electron chi connectivity index (χ2n) is 7.52. The van der Waals surface area contributed by atoms with E-state index in [1.165, 1.54) is 13.4 Å². The molecule has 0 saturated carbocycles. The Labute approximate surface area is 172 Å². The van der Waals surface area contributed by atoms with Crippen LogP contribution in [0.25, 0.3) is 21.1 Å². The molecule has 0 fully saturated rings. The second kappa shape index (κ2) is 6.93. The highest BCUT2D eigenvalue weighted by atomic mass is 32.2. The maximum atomic E-state index is 13.1. The van der Waals surface area contributed by atoms with Gasteiger partial charge in [-0.15, -0.1) is 11.3 Å². The number of nitrogens with zero attached hydrogens (tertiary/aromatic N) is 3. The average molecular weight is 429 g/mol. The number of anilines is 2. The van der Waals surface area contributed by atoms with E-state index in [1.54, 1.807) is 49.8 Å². The van der Waals surface area contributed by atoms with E-state index in [1.807, 2.05) is 18.2 Å². The van der Waals surface area contributed by atoms with Crippen LogP contribution in [0.3, 0.4) is 0 Å². The van der Waals surface area contributed by atoms with Gasteiger partial charge >= 0.3 is 0 Å². The molecule has 2 aromatic heterocycles. The van der Waals surface area contributed by atoms with E-state index in [4.69, 9.17) is 4.74 Å². The standard InChI is InChI=1S/C20H20N4O3S2/c1-20(2,3)29(25,26)18-8-13-14(9-16(18)27-4)21-10-22-19(13)24-12-5-6-17-15(7-12)23-11-28-17/h5-11H,1-4H3,(H,21,22,24). The molecule has 4 rings (SSSR count). The number of hydrogen-bond donors (Lipinski definition) is 1. The molecule has 7 nitrogen and oxygen atoms in total. The Kier molecular flexibility index (Phi) is 4.66. The van der Waals surface area contributed by atoms with Crippen LogP contribution in [0.5, 0.6) is 5.75 Å². The minimum atomic E-state index is -3.64. The molecule has 4 aromatic rings. The molecule has 0 amide bonds. The predicted octanol–water partition coefficient (Wildman–Crippen LogP) is 4.56. The van der Waals surface area contributed by atoms with Crippen molar-refractivity contribution in [3.63, 3.8) is 0 Å². The van der Waals surface area contributed by atoms with E-state index >= 15 is 0 Å². The first-order chi connectivity index (χ1) is 13.7. The summed E-state index contributed by atoms with van der Waals surface area (Å²) in [6.45, 7) is 4.99. The van der Waals surface area contributed by atoms with Crippen molar-refractivity contribution in [2.75, 3.05) is 12.4 Å². The van der Waals surface area contributed by atoms with Crippen LogP contribution in [0, 0.1) is 0 Å². The smallest absolute Gasteiger partial charge is 0.186 e. The minimum Gasteiger partial charge on any atom is -0.495 e. The van der Waals surface area contributed by atoms with Crippen molar-refractivity contribution in [1.29, 1.82) is 0 Å². The average Bonchev–Trinajstić information content (AvgIpc) is 3.14. The number of nitrogens with one attached hydrogen (secondary N) is 1. The Bertz CT molecular complexity index is 1320. The zero-order chi connectivity index (χ0) is 20.8. The molecular formula is C20H20N4O3S2. The molecule has 0 saturated heterocycles. The summed E-state index contributed by atoms with van der Waals surface area (Å²) in [4.78, 5) is 13.1. The quantitative estimate of drug-likeness (QED) is 0.509. The largest absolute Gasteiger partial charge is 0.495 e. The van der Waals surface area contributed by atoms with E-state index < -0.39 is 14.6 Å². The first-order valence-electron chi connectivity index (χ1n) is 8.88. The van der Waals surface area contributed by atoms with E-state index in [-0.39, 0.29) is 10.6 Å². The van der Waals surface area contributed by atoms with Gasteiger partial charge in [-0.1, -0.05) is 0 Å². The highest BCUT2D eigenvalue weighted by Crippen LogP contribution is 2.37. The van der Waals surface area contributed by atoms with Gasteiger partial charge in [0.25, 0.3) is 0 Å². The Morgan fingerprint density at radius 1 is 1.03 bits per heavy atom. The van der Waals surface area contributed by atoms with Crippen LogP contribution in [0.4, 0.5) is 11.5 Å². The summed E-state index contributed by atoms with van der Waals surface area (Å²) < 4.78 is 31.7. The predicted molar refractivity (Wildman–Crippen MR) is 116 cm³/mol. The molecular weight excluding hydrogens is 408 g/mol. The van der Waals surface area contributed by atoms with Gasteiger partial charge < -0.3 is 10.1 Å². The van der Waals surface area contributed by atoms with Crippen LogP contribution in [-0.4, -0.2) is 35.2 Å². The summed E-state index contributed by atoms with van der Waals surface area (Å²) in [5.74, 6) is 0.776. The number of ether oxygens (including phenoxy) is 1. The molecule has 2 aromatic carbocycles. The molecule has 9 heteroatoms. The number of aromatic nitrogens is 3. The molecule has 0 atom stereocenters. The third-order valence-electron chi connectivity index (χ3n) is 4.61. The number of sulfone groups is 1. The zero-order valence-corrected chi connectivity index (χ0v) is 18.1. The highest BCUT2D eigenvalue weighted by molar-refractivity contribution is 7.92. The molecule has 0 spiro atoms. The van der Waals surface area contributed by atoms with Crippen LogP contribution in [-0.2, 0) is 9.84 Å². The molecule has 2 heterocycles. The van der Waals surface area contributed by atoms with Gasteiger partial charge in [0.05, 0.1) is 33.1 Å². The molecule has 0 aliphatic rings. The fraction of sp³-hybridized carbons (Fsp3) is 0.250. The number of rotatable bonds is 4. The van der Waals surface area contributed by atoms with Crippen molar-refractivity contribution in [3.05, 3.63) is 42.2 Å². The summed E-state index contributed by atoms with van der Waals surface area (Å²) in [5.41, 5.74) is 4.07. The van der Waals surface area contributed by atoms with Gasteiger partial charge in [-0.3, -0.25) is 0 Å². The Morgan fingerprint density at radius 2 is 1.83 bits per heavy atom. The molecule has 150 valence electrons. The van der Waals surface area contributed by atoms with Gasteiger partial charge in [0, 0.05) is 17.1 Å². The van der Waals surface area contributed by atoms with Gasteiger partial charge in [-0.05, 0) is 45.0 Å². The lowest BCUT2D eigenvalue weighted by molar-refractivity contribution is 0.402. The van der Waals surface area contributed by atoms with Gasteiger partial charge in [0.1, 0.15) is 22.8 Å². The summed E-state index contributed by atoms with van der Waals surface area (Å²) >= 11 is 1.57. The number of fused-ring (bicyclic) bond motifs is 2. The second-order valence-corrected chi connectivity index (χ2v) is 11.1. The summed E-state index contributed by atoms with van der Waals surface area (Å²) in [6, 6.07) is 9.06. The third kappa shape index (κ3) is 3.40. The van der Waals surface area contributed by atoms with Gasteiger partial charge in [0.2, 0.25) is 0 Å². The van der Waals surface area contributed by atoms with Gasteiger partial charge in [-0.25, -0.2) is 23.4 Å². The van der Waals surface area contributed by atoms with Crippen LogP contribution < -0.4 is 10.1 Å². The van der Waals surface area contributed by atoms with E-state index in [9.17, 15) is 8.42 Å². The highest BCUT2D eigenvalue weighted by Gasteiger charge is 2.34. The molecule has 0 bridgehead atoms. The number of benzene rings is 2. The fourth-order valence-electron chi connectivity index (χ4n) is 2.94. The lowest BCUT2D eigenvalue weighted by Gasteiger charge is -2.21. The molecule has 0 unspecified atom stereocenters. The third-order valence-corrected chi connectivity index (χ3v) is 7.93. The summed E-state index contributed by atoms with van der Waals surface area (Å²) in [7, 11) is -2.19. The van der Waals surface area contributed by atoms with Crippen LogP contribution >= 0.6 is 11.3 Å². The monoisotopic (exact) mass is 428 g/mol. The van der Waals surface area contributed by atoms with Crippen molar-refractivity contribution in [1.82, 2.24) is 15.0 Å². The van der Waals surface area contributed by atoms with Gasteiger partial charge in [0.15, 0.2) is 9.84 Å². The number of hydrogen-bond acceptors (Lipinski definition) is 8. The van der Waals surface area contributed by atoms with Crippen molar-refractivity contribution >= 4 is 53.8 Å². The van der Waals surface area contributed by atoms with E-state index in [2.05, 4.69) is 20.3 Å². The van der Waals surface area contributed by atoms with Crippen LogP contribution in [0.2, 0.25) is 0 Å². The Morgan fingerprint density at radius 3 is 2.55 bits per heavy atom. The number of methoxy groups -OCH3 is 1. The molecule has 0 radical (unpaired) electrons. The van der Waals surface area contributed by atoms with E-state index in [0.717, 1.165) is 15.9 Å². The van der Waals surface area contributed by atoms with Crippen molar-refractivity contribution in [3.8, 4) is 5.75 Å². The van der Waals surface area contributed by atoms with Gasteiger partial charge in [-0.2, -0.15) is 0 Å². The van der Waals surface area contributed by atoms with Crippen molar-refractivity contribution < 1.29 is 13.2 Å². The van der Waals surface area contributed by atoms with Crippen molar-refractivity contribution in [2.24, 2.45) is 0 Å². The summed E-state index contributed by atoms with van der Waals surface area (Å²) in [6.07, 6.45) is 1.43. The topological polar surface area (TPSA) is 94.1 Å². The molecule has 29 heavy (non-hydrogen) atoms.